The van der Waals surface area contributed by atoms with E-state index in [9.17, 15) is 18.3 Å². The maximum atomic E-state index is 13.5. The van der Waals surface area contributed by atoms with E-state index in [-0.39, 0.29) is 5.52 Å². The van der Waals surface area contributed by atoms with Crippen molar-refractivity contribution in [2.75, 3.05) is 19.6 Å². The van der Waals surface area contributed by atoms with E-state index < -0.39 is 17.8 Å². The molecule has 1 unspecified atom stereocenters. The minimum absolute atomic E-state index is 0.176. The van der Waals surface area contributed by atoms with Crippen molar-refractivity contribution >= 4 is 34.1 Å². The number of benzene rings is 2. The number of aromatic nitrogens is 1. The van der Waals surface area contributed by atoms with E-state index in [0.29, 0.717) is 38.8 Å². The van der Waals surface area contributed by atoms with E-state index in [1.165, 1.54) is 18.9 Å². The van der Waals surface area contributed by atoms with Crippen molar-refractivity contribution in [1.29, 1.82) is 0 Å². The molecular formula is C30H37Cl2F3N2O. The second-order valence-corrected chi connectivity index (χ2v) is 10.7. The van der Waals surface area contributed by atoms with Crippen molar-refractivity contribution in [2.24, 2.45) is 0 Å². The van der Waals surface area contributed by atoms with Crippen LogP contribution >= 0.6 is 23.2 Å². The lowest BCUT2D eigenvalue weighted by molar-refractivity contribution is -0.137. The fourth-order valence-electron chi connectivity index (χ4n) is 4.67. The van der Waals surface area contributed by atoms with Crippen molar-refractivity contribution in [1.82, 2.24) is 9.88 Å². The van der Waals surface area contributed by atoms with Gasteiger partial charge < -0.3 is 10.0 Å². The molecule has 0 bridgehead atoms. The number of hydrogen-bond acceptors (Lipinski definition) is 3. The molecular weight excluding hydrogens is 532 g/mol. The highest BCUT2D eigenvalue weighted by Gasteiger charge is 2.31. The summed E-state index contributed by atoms with van der Waals surface area (Å²) >= 11 is 12.3. The smallest absolute Gasteiger partial charge is 0.387 e. The Morgan fingerprint density at radius 3 is 2.08 bits per heavy atom. The lowest BCUT2D eigenvalue weighted by atomic mass is 9.98. The van der Waals surface area contributed by atoms with Gasteiger partial charge in [-0.3, -0.25) is 0 Å². The molecule has 1 atom stereocenters. The normalized spacial score (nSPS) is 13.0. The molecule has 208 valence electrons. The number of nitrogens with zero attached hydrogens (tertiary/aromatic N) is 2. The number of aliphatic hydroxyl groups is 1. The topological polar surface area (TPSA) is 36.4 Å². The van der Waals surface area contributed by atoms with Gasteiger partial charge in [-0.1, -0.05) is 87.7 Å². The zero-order valence-corrected chi connectivity index (χ0v) is 23.6. The van der Waals surface area contributed by atoms with Crippen molar-refractivity contribution in [3.8, 4) is 11.3 Å². The van der Waals surface area contributed by atoms with Gasteiger partial charge in [-0.15, -0.1) is 0 Å². The van der Waals surface area contributed by atoms with E-state index in [0.717, 1.165) is 63.7 Å². The van der Waals surface area contributed by atoms with E-state index in [1.807, 2.05) is 0 Å². The summed E-state index contributed by atoms with van der Waals surface area (Å²) in [5.41, 5.74) is 0.995. The first-order valence-corrected chi connectivity index (χ1v) is 14.3. The summed E-state index contributed by atoms with van der Waals surface area (Å²) in [6.45, 7) is 6.51. The Hall–Kier alpha value is -1.86. The molecule has 2 aromatic carbocycles. The van der Waals surface area contributed by atoms with Gasteiger partial charge in [0.1, 0.15) is 0 Å². The molecule has 1 heterocycles. The molecule has 0 aliphatic carbocycles. The van der Waals surface area contributed by atoms with E-state index in [2.05, 4.69) is 23.7 Å². The van der Waals surface area contributed by atoms with Crippen LogP contribution in [0, 0.1) is 0 Å². The molecule has 1 aromatic heterocycles. The Morgan fingerprint density at radius 1 is 0.842 bits per heavy atom. The summed E-state index contributed by atoms with van der Waals surface area (Å²) in [6, 6.07) is 10.2. The van der Waals surface area contributed by atoms with Crippen LogP contribution in [-0.4, -0.2) is 34.6 Å². The van der Waals surface area contributed by atoms with Gasteiger partial charge in [0.15, 0.2) is 0 Å². The number of pyridine rings is 1. The van der Waals surface area contributed by atoms with E-state index >= 15 is 0 Å². The molecule has 0 amide bonds. The molecule has 0 aliphatic heterocycles. The van der Waals surface area contributed by atoms with Crippen LogP contribution in [0.15, 0.2) is 42.5 Å². The van der Waals surface area contributed by atoms with Crippen LogP contribution in [-0.2, 0) is 6.18 Å². The first-order valence-electron chi connectivity index (χ1n) is 13.5. The van der Waals surface area contributed by atoms with Gasteiger partial charge in [0, 0.05) is 17.5 Å². The van der Waals surface area contributed by atoms with Crippen LogP contribution in [0.25, 0.3) is 22.2 Å². The summed E-state index contributed by atoms with van der Waals surface area (Å²) in [4.78, 5) is 6.81. The quantitative estimate of drug-likeness (QED) is 0.196. The van der Waals surface area contributed by atoms with Gasteiger partial charge in [0.05, 0.1) is 32.9 Å². The zero-order chi connectivity index (χ0) is 27.7. The highest BCUT2D eigenvalue weighted by atomic mass is 35.5. The Morgan fingerprint density at radius 2 is 1.50 bits per heavy atom. The maximum absolute atomic E-state index is 13.5. The van der Waals surface area contributed by atoms with Crippen LogP contribution in [0.5, 0.6) is 0 Å². The molecule has 0 saturated heterocycles. The number of halogens is 5. The van der Waals surface area contributed by atoms with Crippen LogP contribution in [0.4, 0.5) is 13.2 Å². The lowest BCUT2D eigenvalue weighted by Gasteiger charge is -2.26. The fourth-order valence-corrected chi connectivity index (χ4v) is 4.97. The zero-order valence-electron chi connectivity index (χ0n) is 22.1. The minimum atomic E-state index is -4.50. The van der Waals surface area contributed by atoms with Crippen molar-refractivity contribution < 1.29 is 18.3 Å². The third-order valence-electron chi connectivity index (χ3n) is 6.83. The molecule has 3 rings (SSSR count). The molecule has 38 heavy (non-hydrogen) atoms. The van der Waals surface area contributed by atoms with Gasteiger partial charge >= 0.3 is 6.18 Å². The van der Waals surface area contributed by atoms with Crippen LogP contribution in [0.1, 0.15) is 82.4 Å². The average Bonchev–Trinajstić information content (AvgIpc) is 2.88. The van der Waals surface area contributed by atoms with Crippen LogP contribution in [0.2, 0.25) is 10.0 Å². The fraction of sp³-hybridized carbons (Fsp3) is 0.500. The van der Waals surface area contributed by atoms with Gasteiger partial charge in [-0.25, -0.2) is 4.98 Å². The third-order valence-corrected chi connectivity index (χ3v) is 7.57. The van der Waals surface area contributed by atoms with E-state index in [1.54, 1.807) is 24.3 Å². The first kappa shape index (κ1) is 30.7. The number of rotatable bonds is 14. The summed E-state index contributed by atoms with van der Waals surface area (Å²) in [6.07, 6.45) is 3.64. The Balaban J connectivity index is 1.98. The molecule has 0 spiro atoms. The van der Waals surface area contributed by atoms with Crippen LogP contribution in [0.3, 0.4) is 0 Å². The molecule has 8 heteroatoms. The lowest BCUT2D eigenvalue weighted by Crippen LogP contribution is -2.31. The molecule has 0 saturated carbocycles. The highest BCUT2D eigenvalue weighted by molar-refractivity contribution is 6.42. The van der Waals surface area contributed by atoms with Crippen molar-refractivity contribution in [3.05, 3.63) is 63.6 Å². The van der Waals surface area contributed by atoms with Gasteiger partial charge in [-0.2, -0.15) is 13.2 Å². The highest BCUT2D eigenvalue weighted by Crippen LogP contribution is 2.36. The monoisotopic (exact) mass is 568 g/mol. The summed E-state index contributed by atoms with van der Waals surface area (Å²) in [5, 5.41) is 12.7. The molecule has 0 aliphatic rings. The van der Waals surface area contributed by atoms with Crippen molar-refractivity contribution in [2.45, 2.75) is 77.5 Å². The number of aliphatic hydroxyl groups excluding tert-OH is 1. The SMILES string of the molecule is CCCCCCN(CCCCCC)CC(O)c1cc(-c2ccc(Cl)c(Cl)c2)nc2cc(C(F)(F)F)ccc12. The van der Waals surface area contributed by atoms with E-state index in [4.69, 9.17) is 23.2 Å². The standard InChI is InChI=1S/C30H37Cl2F3N2O/c1-3-5-7-9-15-37(16-10-8-6-4-2)20-29(38)24-19-27(21-11-14-25(31)26(32)17-21)36-28-18-22(30(33,34)35)12-13-23(24)28/h11-14,17-19,29,38H,3-10,15-16,20H2,1-2H3. The van der Waals surface area contributed by atoms with Gasteiger partial charge in [-0.05, 0) is 61.8 Å². The molecule has 0 radical (unpaired) electrons. The third kappa shape index (κ3) is 8.57. The second-order valence-electron chi connectivity index (χ2n) is 9.89. The summed E-state index contributed by atoms with van der Waals surface area (Å²) < 4.78 is 40.5. The average molecular weight is 570 g/mol. The summed E-state index contributed by atoms with van der Waals surface area (Å²) in [5.74, 6) is 0. The van der Waals surface area contributed by atoms with Crippen LogP contribution < -0.4 is 0 Å². The largest absolute Gasteiger partial charge is 0.416 e. The number of fused-ring (bicyclic) bond motifs is 1. The Kier molecular flexibility index (Phi) is 11.7. The minimum Gasteiger partial charge on any atom is -0.387 e. The Bertz CT molecular complexity index is 1170. The van der Waals surface area contributed by atoms with Gasteiger partial charge in [0.25, 0.3) is 0 Å². The predicted octanol–water partition coefficient (Wildman–Crippen LogP) is 9.72. The predicted molar refractivity (Wildman–Crippen MR) is 152 cm³/mol. The first-order chi connectivity index (χ1) is 18.1. The number of alkyl halides is 3. The number of unbranched alkanes of at least 4 members (excludes halogenated alkanes) is 6. The molecule has 0 fully saturated rings. The molecule has 3 nitrogen and oxygen atoms in total. The Labute approximate surface area is 234 Å². The summed E-state index contributed by atoms with van der Waals surface area (Å²) in [7, 11) is 0. The second kappa shape index (κ2) is 14.5. The maximum Gasteiger partial charge on any atom is 0.416 e. The van der Waals surface area contributed by atoms with Gasteiger partial charge in [0.2, 0.25) is 0 Å². The van der Waals surface area contributed by atoms with Crippen molar-refractivity contribution in [3.63, 3.8) is 0 Å². The molecule has 3 aromatic rings. The number of hydrogen-bond donors (Lipinski definition) is 1. The molecule has 1 N–H and O–H groups in total.